The van der Waals surface area contributed by atoms with Gasteiger partial charge in [0.25, 0.3) is 17.5 Å². The number of amides is 2. The summed E-state index contributed by atoms with van der Waals surface area (Å²) in [6, 6.07) is 6.91. The summed E-state index contributed by atoms with van der Waals surface area (Å²) in [5.41, 5.74) is 0.241. The number of nitro benzene ring substituents is 1. The standard InChI is InChI=1S/C18H15ClN6O4/c19-14-15(22-8-10-23(11-9-22)18-20-6-1-7-21-18)17(27)24(16(14)26)12-2-4-13(5-3-12)25(28)29/h1-7H,8-11H2. The summed E-state index contributed by atoms with van der Waals surface area (Å²) in [4.78, 5) is 48.9. The predicted octanol–water partition coefficient (Wildman–Crippen LogP) is 1.53. The molecule has 0 unspecified atom stereocenters. The molecule has 1 fully saturated rings. The molecule has 2 aliphatic rings. The van der Waals surface area contributed by atoms with Gasteiger partial charge in [-0.05, 0) is 18.2 Å². The first kappa shape index (κ1) is 18.8. The maximum atomic E-state index is 12.9. The maximum absolute atomic E-state index is 12.9. The Labute approximate surface area is 170 Å². The average molecular weight is 415 g/mol. The van der Waals surface area contributed by atoms with Crippen molar-refractivity contribution in [2.45, 2.75) is 0 Å². The topological polar surface area (TPSA) is 113 Å². The molecule has 0 N–H and O–H groups in total. The second-order valence-electron chi connectivity index (χ2n) is 6.40. The first-order chi connectivity index (χ1) is 14.0. The van der Waals surface area contributed by atoms with Crippen molar-refractivity contribution in [2.75, 3.05) is 36.0 Å². The molecule has 10 nitrogen and oxygen atoms in total. The van der Waals surface area contributed by atoms with Crippen LogP contribution in [0.2, 0.25) is 0 Å². The number of hydrogen-bond acceptors (Lipinski definition) is 8. The number of nitro groups is 1. The zero-order valence-electron chi connectivity index (χ0n) is 15.1. The Morgan fingerprint density at radius 1 is 0.931 bits per heavy atom. The van der Waals surface area contributed by atoms with Gasteiger partial charge >= 0.3 is 0 Å². The molecule has 1 aromatic heterocycles. The minimum Gasteiger partial charge on any atom is -0.362 e. The summed E-state index contributed by atoms with van der Waals surface area (Å²) >= 11 is 6.22. The molecule has 11 heteroatoms. The van der Waals surface area contributed by atoms with Crippen LogP contribution in [-0.4, -0.2) is 57.8 Å². The molecule has 0 saturated carbocycles. The zero-order chi connectivity index (χ0) is 20.5. The Balaban J connectivity index is 1.51. The van der Waals surface area contributed by atoms with Crippen molar-refractivity contribution in [3.63, 3.8) is 0 Å². The SMILES string of the molecule is O=C1C(Cl)=C(N2CCN(c3ncccn3)CC2)C(=O)N1c1ccc([N+](=O)[O-])cc1. The molecule has 1 aromatic carbocycles. The number of carbonyl (C=O) groups is 2. The fraction of sp³-hybridized carbons (Fsp3) is 0.222. The lowest BCUT2D eigenvalue weighted by atomic mass is 10.2. The van der Waals surface area contributed by atoms with Crippen LogP contribution in [0.25, 0.3) is 0 Å². The van der Waals surface area contributed by atoms with Gasteiger partial charge in [0, 0.05) is 50.7 Å². The van der Waals surface area contributed by atoms with Gasteiger partial charge < -0.3 is 9.80 Å². The summed E-state index contributed by atoms with van der Waals surface area (Å²) in [7, 11) is 0. The summed E-state index contributed by atoms with van der Waals surface area (Å²) in [5.74, 6) is -0.582. The molecule has 2 aliphatic heterocycles. The largest absolute Gasteiger partial charge is 0.362 e. The number of anilines is 2. The van der Waals surface area contributed by atoms with E-state index in [1.807, 2.05) is 4.90 Å². The van der Waals surface area contributed by atoms with Crippen LogP contribution in [0.4, 0.5) is 17.3 Å². The summed E-state index contributed by atoms with van der Waals surface area (Å²) in [6.45, 7) is 2.07. The van der Waals surface area contributed by atoms with E-state index >= 15 is 0 Å². The van der Waals surface area contributed by atoms with Gasteiger partial charge in [-0.1, -0.05) is 11.6 Å². The average Bonchev–Trinajstić information content (AvgIpc) is 2.97. The highest BCUT2D eigenvalue weighted by atomic mass is 35.5. The van der Waals surface area contributed by atoms with E-state index in [-0.39, 0.29) is 22.1 Å². The van der Waals surface area contributed by atoms with Crippen molar-refractivity contribution in [1.82, 2.24) is 14.9 Å². The van der Waals surface area contributed by atoms with E-state index in [0.29, 0.717) is 32.1 Å². The minimum atomic E-state index is -0.644. The number of carbonyl (C=O) groups excluding carboxylic acids is 2. The van der Waals surface area contributed by atoms with E-state index in [0.717, 1.165) is 4.90 Å². The predicted molar refractivity (Wildman–Crippen MR) is 104 cm³/mol. The molecule has 0 atom stereocenters. The third-order valence-electron chi connectivity index (χ3n) is 4.75. The highest BCUT2D eigenvalue weighted by Gasteiger charge is 2.42. The van der Waals surface area contributed by atoms with E-state index < -0.39 is 16.7 Å². The first-order valence-corrected chi connectivity index (χ1v) is 9.15. The minimum absolute atomic E-state index is 0.133. The number of piperazine rings is 1. The quantitative estimate of drug-likeness (QED) is 0.420. The smallest absolute Gasteiger partial charge is 0.283 e. The van der Waals surface area contributed by atoms with Crippen LogP contribution in [0.15, 0.2) is 53.5 Å². The number of rotatable bonds is 4. The van der Waals surface area contributed by atoms with E-state index in [4.69, 9.17) is 11.6 Å². The van der Waals surface area contributed by atoms with Crippen LogP contribution in [0.5, 0.6) is 0 Å². The molecular formula is C18H15ClN6O4. The lowest BCUT2D eigenvalue weighted by Gasteiger charge is -2.36. The van der Waals surface area contributed by atoms with Gasteiger partial charge in [0.2, 0.25) is 5.95 Å². The molecule has 29 heavy (non-hydrogen) atoms. The van der Waals surface area contributed by atoms with Gasteiger partial charge in [0.05, 0.1) is 10.6 Å². The van der Waals surface area contributed by atoms with Gasteiger partial charge in [0.1, 0.15) is 10.7 Å². The zero-order valence-corrected chi connectivity index (χ0v) is 15.8. The number of nitrogens with zero attached hydrogens (tertiary/aromatic N) is 6. The fourth-order valence-electron chi connectivity index (χ4n) is 3.31. The molecule has 0 bridgehead atoms. The van der Waals surface area contributed by atoms with Crippen LogP contribution in [0.1, 0.15) is 0 Å². The number of hydrogen-bond donors (Lipinski definition) is 0. The molecule has 0 radical (unpaired) electrons. The second-order valence-corrected chi connectivity index (χ2v) is 6.78. The van der Waals surface area contributed by atoms with Crippen LogP contribution in [0.3, 0.4) is 0 Å². The van der Waals surface area contributed by atoms with E-state index in [1.165, 1.54) is 24.3 Å². The number of halogens is 1. The van der Waals surface area contributed by atoms with Crippen LogP contribution in [0, 0.1) is 10.1 Å². The molecule has 1 saturated heterocycles. The molecule has 4 rings (SSSR count). The Bertz CT molecular complexity index is 1000. The number of benzene rings is 1. The second kappa shape index (κ2) is 7.47. The monoisotopic (exact) mass is 414 g/mol. The molecule has 2 aromatic rings. The van der Waals surface area contributed by atoms with Gasteiger partial charge in [0.15, 0.2) is 0 Å². The van der Waals surface area contributed by atoms with E-state index in [9.17, 15) is 19.7 Å². The van der Waals surface area contributed by atoms with Crippen molar-refractivity contribution in [3.05, 3.63) is 63.6 Å². The van der Waals surface area contributed by atoms with Crippen LogP contribution in [-0.2, 0) is 9.59 Å². The summed E-state index contributed by atoms with van der Waals surface area (Å²) in [5, 5.41) is 10.7. The van der Waals surface area contributed by atoms with E-state index in [1.54, 1.807) is 23.4 Å². The normalized spacial score (nSPS) is 17.3. The summed E-state index contributed by atoms with van der Waals surface area (Å²) < 4.78 is 0. The Kier molecular flexibility index (Phi) is 4.85. The van der Waals surface area contributed by atoms with Crippen LogP contribution < -0.4 is 9.80 Å². The van der Waals surface area contributed by atoms with Crippen molar-refractivity contribution in [3.8, 4) is 0 Å². The van der Waals surface area contributed by atoms with Gasteiger partial charge in [-0.25, -0.2) is 14.9 Å². The molecule has 0 aliphatic carbocycles. The number of non-ortho nitro benzene ring substituents is 1. The maximum Gasteiger partial charge on any atom is 0.283 e. The fourth-order valence-corrected chi connectivity index (χ4v) is 3.59. The molecule has 2 amide bonds. The van der Waals surface area contributed by atoms with Crippen molar-refractivity contribution >= 4 is 40.7 Å². The Morgan fingerprint density at radius 3 is 2.10 bits per heavy atom. The lowest BCUT2D eigenvalue weighted by molar-refractivity contribution is -0.384. The van der Waals surface area contributed by atoms with Crippen molar-refractivity contribution < 1.29 is 14.5 Å². The molecule has 0 spiro atoms. The lowest BCUT2D eigenvalue weighted by Crippen LogP contribution is -2.48. The third kappa shape index (κ3) is 3.38. The number of aromatic nitrogens is 2. The van der Waals surface area contributed by atoms with Gasteiger partial charge in [-0.2, -0.15) is 0 Å². The van der Waals surface area contributed by atoms with E-state index in [2.05, 4.69) is 9.97 Å². The Hall–Kier alpha value is -3.53. The van der Waals surface area contributed by atoms with Crippen molar-refractivity contribution in [1.29, 1.82) is 0 Å². The third-order valence-corrected chi connectivity index (χ3v) is 5.09. The molecule has 3 heterocycles. The Morgan fingerprint density at radius 2 is 1.52 bits per heavy atom. The van der Waals surface area contributed by atoms with Crippen LogP contribution >= 0.6 is 11.6 Å². The number of imide groups is 1. The molecular weight excluding hydrogens is 400 g/mol. The highest BCUT2D eigenvalue weighted by molar-refractivity contribution is 6.52. The van der Waals surface area contributed by atoms with Crippen molar-refractivity contribution in [2.24, 2.45) is 0 Å². The highest BCUT2D eigenvalue weighted by Crippen LogP contribution is 2.32. The summed E-state index contributed by atoms with van der Waals surface area (Å²) in [6.07, 6.45) is 3.32. The van der Waals surface area contributed by atoms with Gasteiger partial charge in [-0.3, -0.25) is 19.7 Å². The van der Waals surface area contributed by atoms with Gasteiger partial charge in [-0.15, -0.1) is 0 Å². The first-order valence-electron chi connectivity index (χ1n) is 8.77. The molecule has 148 valence electrons.